The van der Waals surface area contributed by atoms with Crippen molar-refractivity contribution in [3.63, 3.8) is 0 Å². The van der Waals surface area contributed by atoms with E-state index in [0.717, 1.165) is 4.47 Å². The summed E-state index contributed by atoms with van der Waals surface area (Å²) in [4.78, 5) is 7.82. The number of hydrogen-bond acceptors (Lipinski definition) is 4. The zero-order chi connectivity index (χ0) is 11.4. The number of hydrogen-bond donors (Lipinski definition) is 0. The highest BCUT2D eigenvalue weighted by molar-refractivity contribution is 9.10. The lowest BCUT2D eigenvalue weighted by molar-refractivity contribution is 0.479. The molecule has 0 atom stereocenters. The molecule has 0 radical (unpaired) electrons. The standard InChI is InChI=1S/C11H6BrN3O/c12-8-3-11(7-14-6-8)16-10-1-2-15-9(4-10)5-13/h1-4,6-7H. The van der Waals surface area contributed by atoms with Gasteiger partial charge in [0.05, 0.1) is 6.20 Å². The van der Waals surface area contributed by atoms with Crippen LogP contribution in [0.1, 0.15) is 5.69 Å². The number of aromatic nitrogens is 2. The Labute approximate surface area is 101 Å². The number of halogens is 1. The fraction of sp³-hybridized carbons (Fsp3) is 0. The van der Waals surface area contributed by atoms with Gasteiger partial charge in [-0.3, -0.25) is 4.98 Å². The Morgan fingerprint density at radius 3 is 2.88 bits per heavy atom. The van der Waals surface area contributed by atoms with Gasteiger partial charge in [-0.25, -0.2) is 4.98 Å². The predicted octanol–water partition coefficient (Wildman–Crippen LogP) is 2.90. The molecule has 0 amide bonds. The fourth-order valence-corrected chi connectivity index (χ4v) is 1.46. The minimum Gasteiger partial charge on any atom is -0.456 e. The van der Waals surface area contributed by atoms with Crippen LogP contribution in [-0.4, -0.2) is 9.97 Å². The molecular formula is C11H6BrN3O. The summed E-state index contributed by atoms with van der Waals surface area (Å²) in [6.45, 7) is 0. The molecule has 5 heteroatoms. The van der Waals surface area contributed by atoms with Crippen molar-refractivity contribution in [3.05, 3.63) is 47.0 Å². The minimum absolute atomic E-state index is 0.320. The normalized spacial score (nSPS) is 9.50. The van der Waals surface area contributed by atoms with E-state index in [1.165, 1.54) is 6.20 Å². The summed E-state index contributed by atoms with van der Waals surface area (Å²) in [6.07, 6.45) is 4.79. The molecule has 0 saturated carbocycles. The first kappa shape index (κ1) is 10.6. The molecule has 2 aromatic rings. The highest BCUT2D eigenvalue weighted by Crippen LogP contribution is 2.22. The van der Waals surface area contributed by atoms with Gasteiger partial charge in [0.25, 0.3) is 0 Å². The number of nitrogens with zero attached hydrogens (tertiary/aromatic N) is 3. The van der Waals surface area contributed by atoms with Gasteiger partial charge in [0, 0.05) is 22.9 Å². The molecule has 16 heavy (non-hydrogen) atoms. The van der Waals surface area contributed by atoms with Crippen molar-refractivity contribution in [2.24, 2.45) is 0 Å². The SMILES string of the molecule is N#Cc1cc(Oc2cncc(Br)c2)ccn1. The topological polar surface area (TPSA) is 58.8 Å². The van der Waals surface area contributed by atoms with Crippen LogP contribution in [0.5, 0.6) is 11.5 Å². The zero-order valence-electron chi connectivity index (χ0n) is 8.09. The first-order chi connectivity index (χ1) is 7.78. The zero-order valence-corrected chi connectivity index (χ0v) is 9.68. The second-order valence-corrected chi connectivity index (χ2v) is 3.85. The average molecular weight is 276 g/mol. The summed E-state index contributed by atoms with van der Waals surface area (Å²) in [5, 5.41) is 8.68. The molecule has 78 valence electrons. The molecule has 0 N–H and O–H groups in total. The summed E-state index contributed by atoms with van der Waals surface area (Å²) in [7, 11) is 0. The minimum atomic E-state index is 0.320. The molecule has 0 bridgehead atoms. The number of nitriles is 1. The monoisotopic (exact) mass is 275 g/mol. The van der Waals surface area contributed by atoms with Crippen LogP contribution in [0, 0.1) is 11.3 Å². The molecule has 2 aromatic heterocycles. The first-order valence-corrected chi connectivity index (χ1v) is 5.22. The molecule has 0 spiro atoms. The van der Waals surface area contributed by atoms with Crippen LogP contribution in [0.3, 0.4) is 0 Å². The molecule has 0 aliphatic heterocycles. The molecule has 4 nitrogen and oxygen atoms in total. The van der Waals surface area contributed by atoms with Crippen molar-refractivity contribution in [2.75, 3.05) is 0 Å². The van der Waals surface area contributed by atoms with Crippen molar-refractivity contribution in [2.45, 2.75) is 0 Å². The molecule has 2 rings (SSSR count). The van der Waals surface area contributed by atoms with Crippen molar-refractivity contribution in [1.29, 1.82) is 5.26 Å². The maximum absolute atomic E-state index is 8.68. The van der Waals surface area contributed by atoms with Crippen LogP contribution in [0.15, 0.2) is 41.3 Å². The lowest BCUT2D eigenvalue weighted by Gasteiger charge is -2.04. The molecular weight excluding hydrogens is 270 g/mol. The van der Waals surface area contributed by atoms with E-state index in [1.54, 1.807) is 30.6 Å². The van der Waals surface area contributed by atoms with E-state index in [2.05, 4.69) is 25.9 Å². The second kappa shape index (κ2) is 4.73. The third kappa shape index (κ3) is 2.55. The Kier molecular flexibility index (Phi) is 3.13. The molecule has 0 fully saturated rings. The summed E-state index contributed by atoms with van der Waals surface area (Å²) >= 11 is 3.30. The van der Waals surface area contributed by atoms with Gasteiger partial charge in [0.2, 0.25) is 0 Å². The summed E-state index contributed by atoms with van der Waals surface area (Å²) in [5.74, 6) is 1.16. The Hall–Kier alpha value is -1.93. The van der Waals surface area contributed by atoms with E-state index in [0.29, 0.717) is 17.2 Å². The molecule has 0 saturated heterocycles. The highest BCUT2D eigenvalue weighted by Gasteiger charge is 2.00. The van der Waals surface area contributed by atoms with E-state index in [4.69, 9.17) is 10.00 Å². The maximum atomic E-state index is 8.68. The largest absolute Gasteiger partial charge is 0.456 e. The lowest BCUT2D eigenvalue weighted by Crippen LogP contribution is -1.88. The van der Waals surface area contributed by atoms with Gasteiger partial charge in [0.1, 0.15) is 23.3 Å². The Morgan fingerprint density at radius 2 is 2.12 bits per heavy atom. The predicted molar refractivity (Wildman–Crippen MR) is 61.0 cm³/mol. The van der Waals surface area contributed by atoms with Gasteiger partial charge < -0.3 is 4.74 Å². The van der Waals surface area contributed by atoms with E-state index >= 15 is 0 Å². The van der Waals surface area contributed by atoms with Crippen molar-refractivity contribution in [1.82, 2.24) is 9.97 Å². The Bertz CT molecular complexity index is 551. The van der Waals surface area contributed by atoms with Crippen LogP contribution in [0.25, 0.3) is 0 Å². The van der Waals surface area contributed by atoms with E-state index < -0.39 is 0 Å². The third-order valence-corrected chi connectivity index (χ3v) is 2.20. The van der Waals surface area contributed by atoms with Crippen molar-refractivity contribution < 1.29 is 4.74 Å². The molecule has 0 aliphatic rings. The number of ether oxygens (including phenoxy) is 1. The fourth-order valence-electron chi connectivity index (χ4n) is 1.12. The average Bonchev–Trinajstić information content (AvgIpc) is 2.29. The van der Waals surface area contributed by atoms with Gasteiger partial charge in [-0.1, -0.05) is 0 Å². The van der Waals surface area contributed by atoms with Crippen LogP contribution < -0.4 is 4.74 Å². The van der Waals surface area contributed by atoms with Gasteiger partial charge >= 0.3 is 0 Å². The molecule has 0 aliphatic carbocycles. The number of rotatable bonds is 2. The van der Waals surface area contributed by atoms with Gasteiger partial charge in [-0.2, -0.15) is 5.26 Å². The second-order valence-electron chi connectivity index (χ2n) is 2.93. The third-order valence-electron chi connectivity index (χ3n) is 1.76. The highest BCUT2D eigenvalue weighted by atomic mass is 79.9. The van der Waals surface area contributed by atoms with Crippen LogP contribution in [0.2, 0.25) is 0 Å². The van der Waals surface area contributed by atoms with Crippen LogP contribution >= 0.6 is 15.9 Å². The summed E-state index contributed by atoms with van der Waals surface area (Å²) < 4.78 is 6.35. The quantitative estimate of drug-likeness (QED) is 0.846. The van der Waals surface area contributed by atoms with Crippen molar-refractivity contribution >= 4 is 15.9 Å². The lowest BCUT2D eigenvalue weighted by atomic mass is 10.3. The first-order valence-electron chi connectivity index (χ1n) is 4.42. The van der Waals surface area contributed by atoms with Gasteiger partial charge in [-0.05, 0) is 28.1 Å². The van der Waals surface area contributed by atoms with Gasteiger partial charge in [-0.15, -0.1) is 0 Å². The van der Waals surface area contributed by atoms with Crippen LogP contribution in [-0.2, 0) is 0 Å². The summed E-state index contributed by atoms with van der Waals surface area (Å²) in [6, 6.07) is 6.99. The van der Waals surface area contributed by atoms with Gasteiger partial charge in [0.15, 0.2) is 0 Å². The van der Waals surface area contributed by atoms with Crippen LogP contribution in [0.4, 0.5) is 0 Å². The Morgan fingerprint density at radius 1 is 1.25 bits per heavy atom. The summed E-state index contributed by atoms with van der Waals surface area (Å²) in [5.41, 5.74) is 0.320. The Balaban J connectivity index is 2.24. The number of pyridine rings is 2. The molecule has 2 heterocycles. The van der Waals surface area contributed by atoms with Crippen molar-refractivity contribution in [3.8, 4) is 17.6 Å². The maximum Gasteiger partial charge on any atom is 0.146 e. The molecule has 0 unspecified atom stereocenters. The van der Waals surface area contributed by atoms with E-state index in [1.807, 2.05) is 6.07 Å². The van der Waals surface area contributed by atoms with E-state index in [-0.39, 0.29) is 0 Å². The van der Waals surface area contributed by atoms with E-state index in [9.17, 15) is 0 Å². The molecule has 0 aromatic carbocycles. The smallest absolute Gasteiger partial charge is 0.146 e.